The van der Waals surface area contributed by atoms with Crippen molar-refractivity contribution in [1.29, 1.82) is 0 Å². The molecular weight excluding hydrogens is 306 g/mol. The second-order valence-electron chi connectivity index (χ2n) is 5.50. The van der Waals surface area contributed by atoms with Crippen LogP contribution in [-0.2, 0) is 24.1 Å². The number of hydrogen-bond acceptors (Lipinski definition) is 4. The summed E-state index contributed by atoms with van der Waals surface area (Å²) in [5, 5.41) is 0.227. The molecule has 0 radical (unpaired) electrons. The summed E-state index contributed by atoms with van der Waals surface area (Å²) in [6, 6.07) is 4.33. The van der Waals surface area contributed by atoms with Crippen molar-refractivity contribution in [3.05, 3.63) is 39.0 Å². The number of aromatic nitrogens is 2. The Morgan fingerprint density at radius 3 is 2.27 bits per heavy atom. The lowest BCUT2D eigenvalue weighted by molar-refractivity contribution is 0.477. The lowest BCUT2D eigenvalue weighted by Gasteiger charge is -2.16. The van der Waals surface area contributed by atoms with Crippen LogP contribution in [0.3, 0.4) is 0 Å². The van der Waals surface area contributed by atoms with E-state index in [0.717, 1.165) is 17.4 Å². The summed E-state index contributed by atoms with van der Waals surface area (Å²) in [7, 11) is -0.650. The fourth-order valence-corrected chi connectivity index (χ4v) is 4.36. The van der Waals surface area contributed by atoms with Crippen molar-refractivity contribution in [1.82, 2.24) is 13.4 Å². The van der Waals surface area contributed by atoms with Crippen LogP contribution in [0, 0.1) is 0 Å². The molecule has 1 aliphatic rings. The van der Waals surface area contributed by atoms with Gasteiger partial charge >= 0.3 is 5.69 Å². The summed E-state index contributed by atoms with van der Waals surface area (Å²) in [4.78, 5) is 24.2. The first-order valence-electron chi connectivity index (χ1n) is 7.04. The van der Waals surface area contributed by atoms with Gasteiger partial charge in [-0.3, -0.25) is 13.9 Å². The van der Waals surface area contributed by atoms with Gasteiger partial charge in [0.1, 0.15) is 0 Å². The van der Waals surface area contributed by atoms with Crippen LogP contribution in [0.5, 0.6) is 0 Å². The largest absolute Gasteiger partial charge is 0.330 e. The van der Waals surface area contributed by atoms with E-state index in [-0.39, 0.29) is 10.3 Å². The summed E-state index contributed by atoms with van der Waals surface area (Å²) in [6.07, 6.45) is 1.70. The third-order valence-corrected chi connectivity index (χ3v) is 6.04. The maximum atomic E-state index is 12.6. The van der Waals surface area contributed by atoms with E-state index >= 15 is 0 Å². The molecule has 22 heavy (non-hydrogen) atoms. The zero-order chi connectivity index (χ0) is 16.1. The Morgan fingerprint density at radius 2 is 1.64 bits per heavy atom. The van der Waals surface area contributed by atoms with Gasteiger partial charge in [0.25, 0.3) is 5.56 Å². The molecule has 1 aliphatic heterocycles. The van der Waals surface area contributed by atoms with Crippen LogP contribution < -0.4 is 11.2 Å². The van der Waals surface area contributed by atoms with E-state index in [1.165, 1.54) is 34.1 Å². The number of nitrogens with zero attached hydrogens (tertiary/aromatic N) is 3. The third-order valence-electron chi connectivity index (χ3n) is 4.14. The number of sulfonamides is 1. The fraction of sp³-hybridized carbons (Fsp3) is 0.429. The molecule has 0 aliphatic carbocycles. The van der Waals surface area contributed by atoms with E-state index < -0.39 is 21.3 Å². The predicted octanol–water partition coefficient (Wildman–Crippen LogP) is 0.0217. The van der Waals surface area contributed by atoms with Crippen molar-refractivity contribution >= 4 is 20.9 Å². The van der Waals surface area contributed by atoms with Gasteiger partial charge in [0, 0.05) is 27.2 Å². The van der Waals surface area contributed by atoms with Crippen molar-refractivity contribution in [3.63, 3.8) is 0 Å². The molecule has 0 saturated carbocycles. The molecule has 0 N–H and O–H groups in total. The highest BCUT2D eigenvalue weighted by Crippen LogP contribution is 2.22. The number of aryl methyl sites for hydroxylation is 1. The fourth-order valence-electron chi connectivity index (χ4n) is 2.81. The number of hydrogen-bond donors (Lipinski definition) is 0. The third kappa shape index (κ3) is 2.10. The summed E-state index contributed by atoms with van der Waals surface area (Å²) in [5.74, 6) is 0. The van der Waals surface area contributed by atoms with Gasteiger partial charge in [-0.25, -0.2) is 13.2 Å². The van der Waals surface area contributed by atoms with Crippen molar-refractivity contribution < 1.29 is 8.42 Å². The topological polar surface area (TPSA) is 81.4 Å². The van der Waals surface area contributed by atoms with Gasteiger partial charge in [0.05, 0.1) is 15.8 Å². The summed E-state index contributed by atoms with van der Waals surface area (Å²) < 4.78 is 28.9. The van der Waals surface area contributed by atoms with Gasteiger partial charge in [-0.15, -0.1) is 0 Å². The SMILES string of the molecule is Cn1c(=O)c2cc(S(=O)(=O)N3CCCC3)ccc2n(C)c1=O. The van der Waals surface area contributed by atoms with E-state index in [1.54, 1.807) is 7.05 Å². The monoisotopic (exact) mass is 323 g/mol. The first-order valence-corrected chi connectivity index (χ1v) is 8.48. The molecule has 0 spiro atoms. The van der Waals surface area contributed by atoms with Crippen molar-refractivity contribution in [2.45, 2.75) is 17.7 Å². The normalized spacial score (nSPS) is 16.5. The van der Waals surface area contributed by atoms with E-state index in [9.17, 15) is 18.0 Å². The molecule has 1 saturated heterocycles. The Labute approximate surface area is 127 Å². The average molecular weight is 323 g/mol. The van der Waals surface area contributed by atoms with E-state index in [2.05, 4.69) is 0 Å². The Balaban J connectivity index is 2.27. The molecule has 0 atom stereocenters. The lowest BCUT2D eigenvalue weighted by atomic mass is 10.2. The van der Waals surface area contributed by atoms with Crippen LogP contribution in [0.25, 0.3) is 10.9 Å². The van der Waals surface area contributed by atoms with Crippen LogP contribution in [-0.4, -0.2) is 34.9 Å². The Bertz CT molecular complexity index is 966. The van der Waals surface area contributed by atoms with Crippen molar-refractivity contribution in [3.8, 4) is 0 Å². The van der Waals surface area contributed by atoms with Gasteiger partial charge in [0.2, 0.25) is 10.0 Å². The molecule has 2 heterocycles. The summed E-state index contributed by atoms with van der Waals surface area (Å²) in [5.41, 5.74) is -0.502. The van der Waals surface area contributed by atoms with E-state index in [1.807, 2.05) is 0 Å². The molecule has 3 rings (SSSR count). The van der Waals surface area contributed by atoms with Crippen molar-refractivity contribution in [2.24, 2.45) is 14.1 Å². The van der Waals surface area contributed by atoms with Gasteiger partial charge < -0.3 is 0 Å². The molecule has 118 valence electrons. The van der Waals surface area contributed by atoms with Crippen LogP contribution in [0.1, 0.15) is 12.8 Å². The first kappa shape index (κ1) is 15.0. The smallest absolute Gasteiger partial charge is 0.296 e. The number of benzene rings is 1. The molecule has 1 aromatic heterocycles. The van der Waals surface area contributed by atoms with Gasteiger partial charge in [-0.1, -0.05) is 0 Å². The maximum absolute atomic E-state index is 12.6. The molecule has 0 bridgehead atoms. The average Bonchev–Trinajstić information content (AvgIpc) is 3.05. The van der Waals surface area contributed by atoms with E-state index in [4.69, 9.17) is 0 Å². The standard InChI is InChI=1S/C14H17N3O4S/c1-15-12-6-5-10(22(20,21)17-7-3-4-8-17)9-11(12)13(18)16(2)14(15)19/h5-6,9H,3-4,7-8H2,1-2H3. The zero-order valence-electron chi connectivity index (χ0n) is 12.4. The van der Waals surface area contributed by atoms with Gasteiger partial charge in [-0.05, 0) is 31.0 Å². The Hall–Kier alpha value is -1.93. The van der Waals surface area contributed by atoms with Crippen LogP contribution >= 0.6 is 0 Å². The minimum atomic E-state index is -3.58. The summed E-state index contributed by atoms with van der Waals surface area (Å²) in [6.45, 7) is 1.01. The highest BCUT2D eigenvalue weighted by Gasteiger charge is 2.27. The minimum Gasteiger partial charge on any atom is -0.296 e. The van der Waals surface area contributed by atoms with Crippen LogP contribution in [0.15, 0.2) is 32.7 Å². The minimum absolute atomic E-state index is 0.0950. The quantitative estimate of drug-likeness (QED) is 0.780. The summed E-state index contributed by atoms with van der Waals surface area (Å²) >= 11 is 0. The Kier molecular flexibility index (Phi) is 3.45. The molecule has 1 fully saturated rings. The molecule has 7 nitrogen and oxygen atoms in total. The Morgan fingerprint density at radius 1 is 1.00 bits per heavy atom. The molecule has 8 heteroatoms. The number of fused-ring (bicyclic) bond motifs is 1. The van der Waals surface area contributed by atoms with Gasteiger partial charge in [-0.2, -0.15) is 4.31 Å². The second-order valence-corrected chi connectivity index (χ2v) is 7.43. The number of rotatable bonds is 2. The van der Waals surface area contributed by atoms with Crippen molar-refractivity contribution in [2.75, 3.05) is 13.1 Å². The van der Waals surface area contributed by atoms with Gasteiger partial charge in [0.15, 0.2) is 0 Å². The first-order chi connectivity index (χ1) is 10.3. The molecular formula is C14H17N3O4S. The van der Waals surface area contributed by atoms with Crippen LogP contribution in [0.4, 0.5) is 0 Å². The van der Waals surface area contributed by atoms with Crippen LogP contribution in [0.2, 0.25) is 0 Å². The predicted molar refractivity (Wildman–Crippen MR) is 82.4 cm³/mol. The lowest BCUT2D eigenvalue weighted by Crippen LogP contribution is -2.37. The zero-order valence-corrected chi connectivity index (χ0v) is 13.3. The molecule has 0 unspecified atom stereocenters. The molecule has 2 aromatic rings. The highest BCUT2D eigenvalue weighted by atomic mass is 32.2. The molecule has 1 aromatic carbocycles. The highest BCUT2D eigenvalue weighted by molar-refractivity contribution is 7.89. The molecule has 0 amide bonds. The second kappa shape index (κ2) is 5.06. The maximum Gasteiger partial charge on any atom is 0.330 e. The van der Waals surface area contributed by atoms with E-state index in [0.29, 0.717) is 18.6 Å².